The molecule has 0 radical (unpaired) electrons. The summed E-state index contributed by atoms with van der Waals surface area (Å²) < 4.78 is 1.96. The molecule has 0 unspecified atom stereocenters. The second-order valence-corrected chi connectivity index (χ2v) is 5.96. The van der Waals surface area contributed by atoms with Gasteiger partial charge in [-0.1, -0.05) is 44.0 Å². The summed E-state index contributed by atoms with van der Waals surface area (Å²) in [4.78, 5) is 12.5. The summed E-state index contributed by atoms with van der Waals surface area (Å²) in [6, 6.07) is 15.4. The van der Waals surface area contributed by atoms with Crippen molar-refractivity contribution >= 4 is 53.4 Å². The van der Waals surface area contributed by atoms with Crippen molar-refractivity contribution < 1.29 is 0 Å². The highest BCUT2D eigenvalue weighted by molar-refractivity contribution is 9.10. The lowest BCUT2D eigenvalue weighted by Gasteiger charge is -1.94. The van der Waals surface area contributed by atoms with E-state index in [2.05, 4.69) is 31.9 Å². The molecule has 0 bridgehead atoms. The van der Waals surface area contributed by atoms with E-state index in [0.29, 0.717) is 0 Å². The van der Waals surface area contributed by atoms with Gasteiger partial charge in [0.15, 0.2) is 5.43 Å². The minimum atomic E-state index is 0.0741. The monoisotopic (exact) mass is 362 g/mol. The van der Waals surface area contributed by atoms with Gasteiger partial charge in [0.1, 0.15) is 0 Å². The minimum absolute atomic E-state index is 0.0741. The molecule has 0 aliphatic heterocycles. The van der Waals surface area contributed by atoms with E-state index >= 15 is 0 Å². The first-order valence-corrected chi connectivity index (χ1v) is 7.05. The number of benzene rings is 2. The van der Waals surface area contributed by atoms with Crippen LogP contribution in [-0.4, -0.2) is 0 Å². The Morgan fingerprint density at radius 3 is 1.56 bits per heavy atom. The zero-order chi connectivity index (χ0) is 12.7. The average Bonchev–Trinajstić information content (AvgIpc) is 2.47. The van der Waals surface area contributed by atoms with E-state index in [9.17, 15) is 4.79 Å². The Hall–Kier alpha value is -1.19. The van der Waals surface area contributed by atoms with Crippen molar-refractivity contribution in [3.63, 3.8) is 0 Å². The molecule has 0 aliphatic rings. The van der Waals surface area contributed by atoms with Crippen LogP contribution in [0, 0.1) is 0 Å². The fourth-order valence-corrected chi connectivity index (χ4v) is 2.84. The van der Waals surface area contributed by atoms with Gasteiger partial charge in [-0.2, -0.15) is 0 Å². The number of rotatable bonds is 0. The molecular formula is C15H8Br2O. The SMILES string of the molecule is O=c1c2ccc(Br)cc2ccc2cc(Br)ccc12. The highest BCUT2D eigenvalue weighted by Gasteiger charge is 2.03. The summed E-state index contributed by atoms with van der Waals surface area (Å²) in [6.45, 7) is 0. The van der Waals surface area contributed by atoms with Gasteiger partial charge in [-0.15, -0.1) is 0 Å². The highest BCUT2D eigenvalue weighted by atomic mass is 79.9. The molecule has 3 aromatic carbocycles. The van der Waals surface area contributed by atoms with Crippen molar-refractivity contribution in [1.29, 1.82) is 0 Å². The Morgan fingerprint density at radius 1 is 0.667 bits per heavy atom. The molecule has 0 atom stereocenters. The van der Waals surface area contributed by atoms with Gasteiger partial charge < -0.3 is 0 Å². The third-order valence-electron chi connectivity index (χ3n) is 2.96. The number of hydrogen-bond donors (Lipinski definition) is 0. The molecular weight excluding hydrogens is 356 g/mol. The van der Waals surface area contributed by atoms with Gasteiger partial charge in [0, 0.05) is 19.7 Å². The molecule has 0 amide bonds. The maximum Gasteiger partial charge on any atom is 0.194 e. The Labute approximate surface area is 121 Å². The van der Waals surface area contributed by atoms with Gasteiger partial charge in [0.25, 0.3) is 0 Å². The van der Waals surface area contributed by atoms with Gasteiger partial charge in [0.05, 0.1) is 0 Å². The van der Waals surface area contributed by atoms with Crippen LogP contribution in [0.5, 0.6) is 0 Å². The standard InChI is InChI=1S/C15H8Br2O/c16-11-3-5-13-9(7-11)1-2-10-8-12(17)4-6-14(10)15(13)18/h1-8H. The van der Waals surface area contributed by atoms with Gasteiger partial charge in [0.2, 0.25) is 0 Å². The number of hydrogen-bond acceptors (Lipinski definition) is 1. The summed E-state index contributed by atoms with van der Waals surface area (Å²) in [7, 11) is 0. The second-order valence-electron chi connectivity index (χ2n) is 4.13. The number of halogens is 2. The molecule has 3 heteroatoms. The van der Waals surface area contributed by atoms with E-state index in [1.807, 2.05) is 48.5 Å². The topological polar surface area (TPSA) is 17.1 Å². The molecule has 18 heavy (non-hydrogen) atoms. The van der Waals surface area contributed by atoms with Crippen LogP contribution in [0.3, 0.4) is 0 Å². The molecule has 0 aliphatic carbocycles. The number of fused-ring (bicyclic) bond motifs is 2. The molecule has 3 aromatic rings. The predicted molar refractivity (Wildman–Crippen MR) is 83.1 cm³/mol. The third kappa shape index (κ3) is 1.98. The van der Waals surface area contributed by atoms with E-state index in [1.54, 1.807) is 0 Å². The maximum absolute atomic E-state index is 12.5. The van der Waals surface area contributed by atoms with E-state index in [-0.39, 0.29) is 5.43 Å². The van der Waals surface area contributed by atoms with Crippen LogP contribution < -0.4 is 5.43 Å². The van der Waals surface area contributed by atoms with Crippen LogP contribution in [-0.2, 0) is 0 Å². The quantitative estimate of drug-likeness (QED) is 0.556. The van der Waals surface area contributed by atoms with E-state index in [1.165, 1.54) is 0 Å². The first kappa shape index (κ1) is 11.9. The van der Waals surface area contributed by atoms with Gasteiger partial charge >= 0.3 is 0 Å². The molecule has 0 aromatic heterocycles. The van der Waals surface area contributed by atoms with Crippen molar-refractivity contribution in [3.8, 4) is 0 Å². The van der Waals surface area contributed by atoms with Crippen LogP contribution >= 0.6 is 31.9 Å². The lowest BCUT2D eigenvalue weighted by Crippen LogP contribution is -1.97. The van der Waals surface area contributed by atoms with Crippen LogP contribution in [0.4, 0.5) is 0 Å². The van der Waals surface area contributed by atoms with Crippen LogP contribution in [0.2, 0.25) is 0 Å². The first-order chi connectivity index (χ1) is 8.65. The Balaban J connectivity index is 2.59. The molecule has 0 heterocycles. The molecule has 0 saturated carbocycles. The summed E-state index contributed by atoms with van der Waals surface area (Å²) >= 11 is 6.86. The molecule has 0 fully saturated rings. The van der Waals surface area contributed by atoms with Crippen LogP contribution in [0.15, 0.2) is 62.3 Å². The van der Waals surface area contributed by atoms with Gasteiger partial charge in [-0.3, -0.25) is 4.79 Å². The maximum atomic E-state index is 12.5. The fourth-order valence-electron chi connectivity index (χ4n) is 2.08. The fraction of sp³-hybridized carbons (Fsp3) is 0. The van der Waals surface area contributed by atoms with E-state index in [4.69, 9.17) is 0 Å². The van der Waals surface area contributed by atoms with Crippen molar-refractivity contribution in [2.24, 2.45) is 0 Å². The Kier molecular flexibility index (Phi) is 2.96. The summed E-state index contributed by atoms with van der Waals surface area (Å²) in [5, 5.41) is 3.38. The predicted octanol–water partition coefficient (Wildman–Crippen LogP) is 4.88. The molecule has 3 rings (SSSR count). The highest BCUT2D eigenvalue weighted by Crippen LogP contribution is 2.21. The third-order valence-corrected chi connectivity index (χ3v) is 3.95. The first-order valence-electron chi connectivity index (χ1n) is 5.47. The average molecular weight is 364 g/mol. The van der Waals surface area contributed by atoms with E-state index < -0.39 is 0 Å². The van der Waals surface area contributed by atoms with Crippen molar-refractivity contribution in [2.45, 2.75) is 0 Å². The van der Waals surface area contributed by atoms with Crippen LogP contribution in [0.1, 0.15) is 0 Å². The largest absolute Gasteiger partial charge is 0.289 e. The summed E-state index contributed by atoms with van der Waals surface area (Å²) in [5.41, 5.74) is 0.0741. The van der Waals surface area contributed by atoms with Gasteiger partial charge in [-0.25, -0.2) is 0 Å². The molecule has 1 nitrogen and oxygen atoms in total. The molecule has 0 N–H and O–H groups in total. The second kappa shape index (κ2) is 4.48. The van der Waals surface area contributed by atoms with Gasteiger partial charge in [-0.05, 0) is 47.2 Å². The van der Waals surface area contributed by atoms with Crippen molar-refractivity contribution in [2.75, 3.05) is 0 Å². The lowest BCUT2D eigenvalue weighted by molar-refractivity contribution is 1.70. The van der Waals surface area contributed by atoms with Crippen molar-refractivity contribution in [3.05, 3.63) is 67.7 Å². The molecule has 0 spiro atoms. The van der Waals surface area contributed by atoms with Crippen LogP contribution in [0.25, 0.3) is 21.5 Å². The summed E-state index contributed by atoms with van der Waals surface area (Å²) in [5.74, 6) is 0. The van der Waals surface area contributed by atoms with E-state index in [0.717, 1.165) is 30.5 Å². The smallest absolute Gasteiger partial charge is 0.194 e. The lowest BCUT2D eigenvalue weighted by atomic mass is 10.1. The van der Waals surface area contributed by atoms with Crippen molar-refractivity contribution in [1.82, 2.24) is 0 Å². The zero-order valence-electron chi connectivity index (χ0n) is 9.28. The molecule has 0 saturated heterocycles. The minimum Gasteiger partial charge on any atom is -0.289 e. The molecule has 88 valence electrons. The zero-order valence-corrected chi connectivity index (χ0v) is 12.5. The Bertz CT molecular complexity index is 758. The normalized spacial score (nSPS) is 11.0. The summed E-state index contributed by atoms with van der Waals surface area (Å²) in [6.07, 6.45) is 0. The Morgan fingerprint density at radius 2 is 1.11 bits per heavy atom.